The molecular weight excluding hydrogens is 494 g/mol. The van der Waals surface area contributed by atoms with Gasteiger partial charge in [0.1, 0.15) is 11.5 Å². The van der Waals surface area contributed by atoms with Crippen LogP contribution in [0.5, 0.6) is 11.5 Å². The van der Waals surface area contributed by atoms with Crippen molar-refractivity contribution in [3.05, 3.63) is 101 Å². The van der Waals surface area contributed by atoms with Crippen LogP contribution in [-0.4, -0.2) is 29.2 Å². The summed E-state index contributed by atoms with van der Waals surface area (Å²) in [5, 5.41) is 2.10. The highest BCUT2D eigenvalue weighted by atomic mass is 16.5. The van der Waals surface area contributed by atoms with Gasteiger partial charge >= 0.3 is 0 Å². The fourth-order valence-electron chi connectivity index (χ4n) is 5.81. The van der Waals surface area contributed by atoms with Crippen molar-refractivity contribution < 1.29 is 9.47 Å². The van der Waals surface area contributed by atoms with Crippen molar-refractivity contribution in [3.8, 4) is 45.1 Å². The fourth-order valence-corrected chi connectivity index (χ4v) is 5.81. The molecule has 5 nitrogen and oxygen atoms in total. The van der Waals surface area contributed by atoms with Gasteiger partial charge < -0.3 is 9.47 Å². The van der Waals surface area contributed by atoms with Gasteiger partial charge in [-0.1, -0.05) is 24.3 Å². The Labute approximate surface area is 234 Å². The number of methoxy groups -OCH3 is 2. The standard InChI is InChI=1S/C35H31N3O2/c1-20-14-27(39-5)15-21(2)31(20)26-11-12-30(37-19-26)35-29(32-22(3)16-28(40-6)17-23(32)4)18-25-10-9-24-8-7-13-36-33(24)34(25)38-35/h7-19H,1-6H3. The number of ether oxygens (including phenoxy) is 2. The van der Waals surface area contributed by atoms with Crippen LogP contribution in [0.4, 0.5) is 0 Å². The van der Waals surface area contributed by atoms with Crippen molar-refractivity contribution in [1.82, 2.24) is 15.0 Å². The Morgan fingerprint density at radius 3 is 1.82 bits per heavy atom. The Kier molecular flexibility index (Phi) is 6.43. The molecule has 0 aliphatic carbocycles. The third-order valence-electron chi connectivity index (χ3n) is 7.61. The van der Waals surface area contributed by atoms with Crippen molar-refractivity contribution in [2.45, 2.75) is 27.7 Å². The Hall–Kier alpha value is -4.77. The second-order valence-electron chi connectivity index (χ2n) is 10.3. The average molecular weight is 526 g/mol. The van der Waals surface area contributed by atoms with E-state index in [9.17, 15) is 0 Å². The molecule has 0 saturated carbocycles. The molecule has 3 heterocycles. The summed E-state index contributed by atoms with van der Waals surface area (Å²) in [4.78, 5) is 14.9. The van der Waals surface area contributed by atoms with E-state index in [1.54, 1.807) is 14.2 Å². The summed E-state index contributed by atoms with van der Waals surface area (Å²) in [6, 6.07) is 23.0. The van der Waals surface area contributed by atoms with Crippen molar-refractivity contribution in [3.63, 3.8) is 0 Å². The second-order valence-corrected chi connectivity index (χ2v) is 10.3. The normalized spacial score (nSPS) is 11.2. The first-order valence-corrected chi connectivity index (χ1v) is 13.3. The maximum Gasteiger partial charge on any atom is 0.119 e. The minimum absolute atomic E-state index is 0.812. The van der Waals surface area contributed by atoms with E-state index in [0.29, 0.717) is 0 Å². The molecule has 0 aliphatic heterocycles. The lowest BCUT2D eigenvalue weighted by Crippen LogP contribution is -1.99. The number of nitrogens with zero attached hydrogens (tertiary/aromatic N) is 3. The maximum absolute atomic E-state index is 5.54. The van der Waals surface area contributed by atoms with Gasteiger partial charge in [0.25, 0.3) is 0 Å². The Balaban J connectivity index is 1.59. The number of benzene rings is 3. The maximum atomic E-state index is 5.54. The largest absolute Gasteiger partial charge is 0.497 e. The number of aryl methyl sites for hydroxylation is 4. The van der Waals surface area contributed by atoms with E-state index >= 15 is 0 Å². The van der Waals surface area contributed by atoms with Gasteiger partial charge in [0, 0.05) is 34.3 Å². The number of pyridine rings is 3. The zero-order chi connectivity index (χ0) is 28.0. The van der Waals surface area contributed by atoms with Crippen LogP contribution < -0.4 is 9.47 Å². The molecule has 40 heavy (non-hydrogen) atoms. The molecule has 6 aromatic rings. The zero-order valence-corrected chi connectivity index (χ0v) is 23.7. The lowest BCUT2D eigenvalue weighted by atomic mass is 9.91. The van der Waals surface area contributed by atoms with E-state index < -0.39 is 0 Å². The minimum Gasteiger partial charge on any atom is -0.497 e. The predicted octanol–water partition coefficient (Wildman–Crippen LogP) is 8.43. The van der Waals surface area contributed by atoms with Gasteiger partial charge in [0.2, 0.25) is 0 Å². The van der Waals surface area contributed by atoms with Gasteiger partial charge in [0.05, 0.1) is 36.6 Å². The molecule has 0 fully saturated rings. The van der Waals surface area contributed by atoms with Crippen LogP contribution >= 0.6 is 0 Å². The molecule has 0 saturated heterocycles. The summed E-state index contributed by atoms with van der Waals surface area (Å²) in [5.41, 5.74) is 12.4. The summed E-state index contributed by atoms with van der Waals surface area (Å²) in [6.45, 7) is 8.45. The molecular formula is C35H31N3O2. The molecule has 0 spiro atoms. The number of fused-ring (bicyclic) bond motifs is 3. The van der Waals surface area contributed by atoms with Gasteiger partial charge in [-0.05, 0) is 104 Å². The average Bonchev–Trinajstić information content (AvgIpc) is 2.96. The highest BCUT2D eigenvalue weighted by Crippen LogP contribution is 2.39. The topological polar surface area (TPSA) is 57.1 Å². The molecule has 3 aromatic carbocycles. The van der Waals surface area contributed by atoms with E-state index in [4.69, 9.17) is 19.4 Å². The third kappa shape index (κ3) is 4.34. The van der Waals surface area contributed by atoms with Crippen LogP contribution in [-0.2, 0) is 0 Å². The molecule has 0 amide bonds. The zero-order valence-electron chi connectivity index (χ0n) is 23.7. The van der Waals surface area contributed by atoms with E-state index in [1.807, 2.05) is 18.5 Å². The molecule has 0 unspecified atom stereocenters. The molecule has 0 bridgehead atoms. The summed E-state index contributed by atoms with van der Waals surface area (Å²) < 4.78 is 11.0. The smallest absolute Gasteiger partial charge is 0.119 e. The van der Waals surface area contributed by atoms with Gasteiger partial charge in [-0.2, -0.15) is 0 Å². The van der Waals surface area contributed by atoms with Crippen LogP contribution in [0.3, 0.4) is 0 Å². The first-order valence-electron chi connectivity index (χ1n) is 13.3. The van der Waals surface area contributed by atoms with Crippen LogP contribution in [0, 0.1) is 27.7 Å². The lowest BCUT2D eigenvalue weighted by molar-refractivity contribution is 0.414. The van der Waals surface area contributed by atoms with Crippen LogP contribution in [0.15, 0.2) is 79.1 Å². The van der Waals surface area contributed by atoms with Crippen LogP contribution in [0.25, 0.3) is 55.4 Å². The predicted molar refractivity (Wildman–Crippen MR) is 163 cm³/mol. The Bertz CT molecular complexity index is 1860. The minimum atomic E-state index is 0.812. The third-order valence-corrected chi connectivity index (χ3v) is 7.61. The summed E-state index contributed by atoms with van der Waals surface area (Å²) in [7, 11) is 3.40. The number of hydrogen-bond acceptors (Lipinski definition) is 5. The summed E-state index contributed by atoms with van der Waals surface area (Å²) in [5.74, 6) is 1.70. The first-order chi connectivity index (χ1) is 19.4. The molecule has 0 N–H and O–H groups in total. The quantitative estimate of drug-likeness (QED) is 0.211. The summed E-state index contributed by atoms with van der Waals surface area (Å²) in [6.07, 6.45) is 3.77. The number of hydrogen-bond donors (Lipinski definition) is 0. The summed E-state index contributed by atoms with van der Waals surface area (Å²) >= 11 is 0. The highest BCUT2D eigenvalue weighted by Gasteiger charge is 2.19. The second kappa shape index (κ2) is 10.1. The van der Waals surface area contributed by atoms with Gasteiger partial charge in [0.15, 0.2) is 0 Å². The molecule has 0 radical (unpaired) electrons. The SMILES string of the molecule is COc1cc(C)c(-c2ccc(-c3nc4c(ccc5cccnc54)cc3-c3c(C)cc(OC)cc3C)nc2)c(C)c1. The van der Waals surface area contributed by atoms with Gasteiger partial charge in [-0.3, -0.25) is 9.97 Å². The van der Waals surface area contributed by atoms with Crippen molar-refractivity contribution >= 4 is 21.8 Å². The van der Waals surface area contributed by atoms with Crippen molar-refractivity contribution in [1.29, 1.82) is 0 Å². The molecule has 6 rings (SSSR count). The van der Waals surface area contributed by atoms with Crippen molar-refractivity contribution in [2.24, 2.45) is 0 Å². The first kappa shape index (κ1) is 25.5. The molecule has 198 valence electrons. The molecule has 0 aliphatic rings. The number of rotatable bonds is 5. The van der Waals surface area contributed by atoms with E-state index in [1.165, 1.54) is 5.56 Å². The van der Waals surface area contributed by atoms with Gasteiger partial charge in [-0.15, -0.1) is 0 Å². The molecule has 5 heteroatoms. The van der Waals surface area contributed by atoms with E-state index in [-0.39, 0.29) is 0 Å². The van der Waals surface area contributed by atoms with Crippen LogP contribution in [0.1, 0.15) is 22.3 Å². The highest BCUT2D eigenvalue weighted by molar-refractivity contribution is 6.05. The molecule has 3 aromatic heterocycles. The fraction of sp³-hybridized carbons (Fsp3) is 0.171. The van der Waals surface area contributed by atoms with E-state index in [2.05, 4.69) is 93.3 Å². The van der Waals surface area contributed by atoms with Crippen molar-refractivity contribution in [2.75, 3.05) is 14.2 Å². The lowest BCUT2D eigenvalue weighted by Gasteiger charge is -2.17. The van der Waals surface area contributed by atoms with Crippen LogP contribution in [0.2, 0.25) is 0 Å². The Morgan fingerprint density at radius 2 is 1.23 bits per heavy atom. The monoisotopic (exact) mass is 525 g/mol. The van der Waals surface area contributed by atoms with Gasteiger partial charge in [-0.25, -0.2) is 4.98 Å². The molecule has 0 atom stereocenters. The number of aromatic nitrogens is 3. The Morgan fingerprint density at radius 1 is 0.600 bits per heavy atom. The van der Waals surface area contributed by atoms with E-state index in [0.717, 1.165) is 83.6 Å².